The SMILES string of the molecule is C=C(NC(C)c1ccc(C)cc1)C(C(Cc1cccc(C(C)(F)F)c1)=NC)=C(N)C(F)F. The highest BCUT2D eigenvalue weighted by Crippen LogP contribution is 2.28. The fourth-order valence-corrected chi connectivity index (χ4v) is 3.32. The molecule has 0 spiro atoms. The van der Waals surface area contributed by atoms with Crippen molar-refractivity contribution in [1.29, 1.82) is 0 Å². The van der Waals surface area contributed by atoms with Crippen LogP contribution < -0.4 is 11.1 Å². The van der Waals surface area contributed by atoms with Gasteiger partial charge < -0.3 is 11.1 Å². The molecule has 1 atom stereocenters. The number of nitrogens with two attached hydrogens (primary N) is 1. The van der Waals surface area contributed by atoms with Gasteiger partial charge in [-0.15, -0.1) is 0 Å². The molecule has 0 radical (unpaired) electrons. The van der Waals surface area contributed by atoms with Crippen molar-refractivity contribution >= 4 is 5.71 Å². The number of halogens is 4. The van der Waals surface area contributed by atoms with Crippen LogP contribution in [-0.4, -0.2) is 19.2 Å². The molecular formula is C25H29F4N3. The number of nitrogens with zero attached hydrogens (tertiary/aromatic N) is 1. The zero-order chi connectivity index (χ0) is 24.1. The number of nitrogens with one attached hydrogen (secondary N) is 1. The molecule has 1 unspecified atom stereocenters. The van der Waals surface area contributed by atoms with Gasteiger partial charge in [-0.1, -0.05) is 54.6 Å². The summed E-state index contributed by atoms with van der Waals surface area (Å²) < 4.78 is 54.6. The van der Waals surface area contributed by atoms with Gasteiger partial charge in [0, 0.05) is 43.3 Å². The summed E-state index contributed by atoms with van der Waals surface area (Å²) in [4.78, 5) is 4.15. The minimum atomic E-state index is -3.02. The number of aryl methyl sites for hydroxylation is 1. The monoisotopic (exact) mass is 447 g/mol. The van der Waals surface area contributed by atoms with Gasteiger partial charge in [-0.2, -0.15) is 0 Å². The third-order valence-electron chi connectivity index (χ3n) is 5.16. The van der Waals surface area contributed by atoms with Crippen LogP contribution in [0.5, 0.6) is 0 Å². The van der Waals surface area contributed by atoms with Crippen molar-refractivity contribution in [3.63, 3.8) is 0 Å². The highest BCUT2D eigenvalue weighted by Gasteiger charge is 2.25. The number of rotatable bonds is 9. The molecule has 0 aliphatic rings. The predicted octanol–water partition coefficient (Wildman–Crippen LogP) is 6.06. The summed E-state index contributed by atoms with van der Waals surface area (Å²) in [5.41, 5.74) is 7.88. The van der Waals surface area contributed by atoms with Crippen molar-refractivity contribution in [2.75, 3.05) is 7.05 Å². The predicted molar refractivity (Wildman–Crippen MR) is 122 cm³/mol. The molecular weight excluding hydrogens is 418 g/mol. The Morgan fingerprint density at radius 2 is 1.78 bits per heavy atom. The van der Waals surface area contributed by atoms with Crippen LogP contribution >= 0.6 is 0 Å². The van der Waals surface area contributed by atoms with Gasteiger partial charge in [0.15, 0.2) is 0 Å². The summed E-state index contributed by atoms with van der Waals surface area (Å²) in [7, 11) is 1.45. The Labute approximate surface area is 186 Å². The number of allylic oxidation sites excluding steroid dienone is 2. The van der Waals surface area contributed by atoms with Crippen LogP contribution in [0, 0.1) is 6.92 Å². The van der Waals surface area contributed by atoms with Crippen molar-refractivity contribution < 1.29 is 17.6 Å². The number of benzene rings is 2. The van der Waals surface area contributed by atoms with E-state index in [1.54, 1.807) is 6.07 Å². The highest BCUT2D eigenvalue weighted by molar-refractivity contribution is 6.05. The smallest absolute Gasteiger partial charge is 0.278 e. The molecule has 0 aromatic heterocycles. The van der Waals surface area contributed by atoms with Gasteiger partial charge in [0.05, 0.1) is 11.4 Å². The highest BCUT2D eigenvalue weighted by atomic mass is 19.3. The minimum Gasteiger partial charge on any atom is -0.397 e. The fraction of sp³-hybridized carbons (Fsp3) is 0.320. The second-order valence-corrected chi connectivity index (χ2v) is 7.82. The summed E-state index contributed by atoms with van der Waals surface area (Å²) in [5, 5.41) is 3.12. The molecule has 2 aromatic rings. The standard InChI is InChI=1S/C25H29F4N3/c1-15-9-11-19(12-10-15)16(2)32-17(3)22(23(30)24(26)27)21(31-5)14-18-7-6-8-20(13-18)25(4,28)29/h6-13,16,24,32H,3,14,30H2,1-2,4-5H3. The maximum absolute atomic E-state index is 13.7. The molecule has 0 aliphatic heterocycles. The zero-order valence-corrected chi connectivity index (χ0v) is 18.7. The second-order valence-electron chi connectivity index (χ2n) is 7.82. The third-order valence-corrected chi connectivity index (χ3v) is 5.16. The van der Waals surface area contributed by atoms with E-state index in [0.717, 1.165) is 18.1 Å². The van der Waals surface area contributed by atoms with Crippen molar-refractivity contribution in [1.82, 2.24) is 5.32 Å². The number of aliphatic imine (C=N–C) groups is 1. The van der Waals surface area contributed by atoms with E-state index in [2.05, 4.69) is 16.9 Å². The minimum absolute atomic E-state index is 0.00452. The van der Waals surface area contributed by atoms with Gasteiger partial charge in [0.2, 0.25) is 0 Å². The molecule has 0 heterocycles. The first-order valence-corrected chi connectivity index (χ1v) is 10.2. The van der Waals surface area contributed by atoms with E-state index >= 15 is 0 Å². The number of alkyl halides is 4. The molecule has 2 aromatic carbocycles. The van der Waals surface area contributed by atoms with Crippen LogP contribution in [0.4, 0.5) is 17.6 Å². The average molecular weight is 448 g/mol. The van der Waals surface area contributed by atoms with Crippen molar-refractivity contribution in [2.24, 2.45) is 10.7 Å². The lowest BCUT2D eigenvalue weighted by molar-refractivity contribution is 0.0174. The Balaban J connectivity index is 2.36. The molecule has 2 rings (SSSR count). The fourth-order valence-electron chi connectivity index (χ4n) is 3.32. The zero-order valence-electron chi connectivity index (χ0n) is 18.7. The van der Waals surface area contributed by atoms with Crippen molar-refractivity contribution in [3.8, 4) is 0 Å². The molecule has 172 valence electrons. The van der Waals surface area contributed by atoms with E-state index in [4.69, 9.17) is 5.73 Å². The van der Waals surface area contributed by atoms with E-state index in [0.29, 0.717) is 5.56 Å². The molecule has 0 aliphatic carbocycles. The summed E-state index contributed by atoms with van der Waals surface area (Å²) in [5.74, 6) is -3.02. The maximum atomic E-state index is 13.7. The quantitative estimate of drug-likeness (QED) is 0.279. The van der Waals surface area contributed by atoms with Crippen LogP contribution in [0.25, 0.3) is 0 Å². The second kappa shape index (κ2) is 10.5. The van der Waals surface area contributed by atoms with E-state index in [1.807, 2.05) is 38.1 Å². The number of hydrogen-bond donors (Lipinski definition) is 2. The molecule has 0 fully saturated rings. The van der Waals surface area contributed by atoms with Gasteiger partial charge in [0.25, 0.3) is 12.3 Å². The van der Waals surface area contributed by atoms with E-state index in [9.17, 15) is 17.6 Å². The van der Waals surface area contributed by atoms with Gasteiger partial charge in [-0.05, 0) is 31.0 Å². The molecule has 3 N–H and O–H groups in total. The Kier molecular flexibility index (Phi) is 8.25. The normalized spacial score (nSPS) is 14.2. The molecule has 32 heavy (non-hydrogen) atoms. The Morgan fingerprint density at radius 1 is 1.16 bits per heavy atom. The Morgan fingerprint density at radius 3 is 2.31 bits per heavy atom. The van der Waals surface area contributed by atoms with Gasteiger partial charge in [-0.25, -0.2) is 17.6 Å². The maximum Gasteiger partial charge on any atom is 0.278 e. The first kappa shape index (κ1) is 25.2. The lowest BCUT2D eigenvalue weighted by atomic mass is 9.95. The number of hydrogen-bond acceptors (Lipinski definition) is 3. The molecule has 3 nitrogen and oxygen atoms in total. The van der Waals surface area contributed by atoms with Crippen LogP contribution in [0.1, 0.15) is 42.1 Å². The molecule has 0 bridgehead atoms. The molecule has 0 saturated carbocycles. The first-order valence-electron chi connectivity index (χ1n) is 10.2. The Hall–Kier alpha value is -3.09. The van der Waals surface area contributed by atoms with Crippen LogP contribution in [-0.2, 0) is 12.3 Å². The van der Waals surface area contributed by atoms with E-state index in [1.165, 1.54) is 25.2 Å². The first-order chi connectivity index (χ1) is 14.9. The Bertz CT molecular complexity index is 1000. The van der Waals surface area contributed by atoms with Crippen molar-refractivity contribution in [3.05, 3.63) is 94.3 Å². The molecule has 7 heteroatoms. The summed E-state index contributed by atoms with van der Waals surface area (Å²) in [6.07, 6.45) is -2.88. The topological polar surface area (TPSA) is 50.4 Å². The third kappa shape index (κ3) is 6.45. The lowest BCUT2D eigenvalue weighted by Gasteiger charge is -2.23. The van der Waals surface area contributed by atoms with Crippen molar-refractivity contribution in [2.45, 2.75) is 45.6 Å². The van der Waals surface area contributed by atoms with Crippen LogP contribution in [0.15, 0.2) is 77.1 Å². The van der Waals surface area contributed by atoms with Gasteiger partial charge in [-0.3, -0.25) is 4.99 Å². The van der Waals surface area contributed by atoms with Gasteiger partial charge in [0.1, 0.15) is 0 Å². The largest absolute Gasteiger partial charge is 0.397 e. The van der Waals surface area contributed by atoms with Crippen LogP contribution in [0.2, 0.25) is 0 Å². The van der Waals surface area contributed by atoms with E-state index < -0.39 is 18.0 Å². The van der Waals surface area contributed by atoms with Crippen LogP contribution in [0.3, 0.4) is 0 Å². The summed E-state index contributed by atoms with van der Waals surface area (Å²) in [6.45, 7) is 8.58. The van der Waals surface area contributed by atoms with E-state index in [-0.39, 0.29) is 35.0 Å². The average Bonchev–Trinajstić information content (AvgIpc) is 2.73. The molecule has 0 amide bonds. The van der Waals surface area contributed by atoms with Gasteiger partial charge >= 0.3 is 0 Å². The summed E-state index contributed by atoms with van der Waals surface area (Å²) >= 11 is 0. The summed E-state index contributed by atoms with van der Waals surface area (Å²) in [6, 6.07) is 13.3. The molecule has 0 saturated heterocycles. The lowest BCUT2D eigenvalue weighted by Crippen LogP contribution is -2.27.